The summed E-state index contributed by atoms with van der Waals surface area (Å²) in [4.78, 5) is 0. The summed E-state index contributed by atoms with van der Waals surface area (Å²) in [6.45, 7) is 0. The van der Waals surface area contributed by atoms with Gasteiger partial charge in [-0.15, -0.1) is 0 Å². The van der Waals surface area contributed by atoms with E-state index in [9.17, 15) is 0 Å². The van der Waals surface area contributed by atoms with Gasteiger partial charge in [-0.2, -0.15) is 0 Å². The molecule has 0 aliphatic heterocycles. The highest BCUT2D eigenvalue weighted by molar-refractivity contribution is 9.11. The zero-order valence-electron chi connectivity index (χ0n) is 11.5. The van der Waals surface area contributed by atoms with Crippen LogP contribution in [0.25, 0.3) is 0 Å². The van der Waals surface area contributed by atoms with Gasteiger partial charge in [0.25, 0.3) is 0 Å². The van der Waals surface area contributed by atoms with Crippen LogP contribution in [0.4, 0.5) is 0 Å². The first kappa shape index (κ1) is 15.5. The number of ether oxygens (including phenoxy) is 1. The summed E-state index contributed by atoms with van der Waals surface area (Å²) in [5.74, 6) is 0.889. The summed E-state index contributed by atoms with van der Waals surface area (Å²) in [5, 5.41) is 3.38. The highest BCUT2D eigenvalue weighted by Crippen LogP contribution is 2.26. The van der Waals surface area contributed by atoms with Crippen LogP contribution >= 0.6 is 31.9 Å². The first-order valence-electron chi connectivity index (χ1n) is 6.38. The second kappa shape index (κ2) is 7.25. The van der Waals surface area contributed by atoms with Gasteiger partial charge in [0.1, 0.15) is 5.75 Å². The molecule has 0 saturated heterocycles. The molecule has 0 heterocycles. The average molecular weight is 399 g/mol. The van der Waals surface area contributed by atoms with Crippen LogP contribution in [0.2, 0.25) is 0 Å². The van der Waals surface area contributed by atoms with Crippen molar-refractivity contribution in [3.05, 3.63) is 62.5 Å². The molecule has 2 nitrogen and oxygen atoms in total. The van der Waals surface area contributed by atoms with E-state index in [1.54, 1.807) is 7.11 Å². The average Bonchev–Trinajstić information content (AvgIpc) is 2.44. The number of methoxy groups -OCH3 is 1. The van der Waals surface area contributed by atoms with Gasteiger partial charge in [-0.25, -0.2) is 0 Å². The number of benzene rings is 2. The van der Waals surface area contributed by atoms with Crippen LogP contribution in [0.5, 0.6) is 5.75 Å². The lowest BCUT2D eigenvalue weighted by atomic mass is 9.99. The minimum Gasteiger partial charge on any atom is -0.497 e. The van der Waals surface area contributed by atoms with E-state index in [-0.39, 0.29) is 6.04 Å². The van der Waals surface area contributed by atoms with E-state index in [2.05, 4.69) is 61.4 Å². The highest BCUT2D eigenvalue weighted by atomic mass is 79.9. The van der Waals surface area contributed by atoms with Crippen molar-refractivity contribution in [1.29, 1.82) is 0 Å². The molecule has 0 aliphatic rings. The van der Waals surface area contributed by atoms with Crippen LogP contribution in [-0.4, -0.2) is 14.2 Å². The minimum atomic E-state index is 0.275. The van der Waals surface area contributed by atoms with Crippen molar-refractivity contribution in [2.75, 3.05) is 14.2 Å². The SMILES string of the molecule is CNC(Cc1ccc(OC)cc1)c1cc(Br)cc(Br)c1. The predicted molar refractivity (Wildman–Crippen MR) is 90.3 cm³/mol. The molecular formula is C16H17Br2NO. The molecule has 4 heteroatoms. The van der Waals surface area contributed by atoms with Crippen molar-refractivity contribution in [2.45, 2.75) is 12.5 Å². The van der Waals surface area contributed by atoms with E-state index in [0.717, 1.165) is 21.1 Å². The fourth-order valence-electron chi connectivity index (χ4n) is 2.16. The molecule has 0 saturated carbocycles. The van der Waals surface area contributed by atoms with Crippen LogP contribution in [0.3, 0.4) is 0 Å². The van der Waals surface area contributed by atoms with Gasteiger partial charge in [-0.3, -0.25) is 0 Å². The highest BCUT2D eigenvalue weighted by Gasteiger charge is 2.11. The lowest BCUT2D eigenvalue weighted by molar-refractivity contribution is 0.414. The molecule has 2 rings (SSSR count). The maximum atomic E-state index is 5.19. The molecule has 20 heavy (non-hydrogen) atoms. The molecular weight excluding hydrogens is 382 g/mol. The fourth-order valence-corrected chi connectivity index (χ4v) is 3.49. The Morgan fingerprint density at radius 3 is 2.15 bits per heavy atom. The lowest BCUT2D eigenvalue weighted by Crippen LogP contribution is -2.18. The maximum Gasteiger partial charge on any atom is 0.118 e. The molecule has 0 radical (unpaired) electrons. The van der Waals surface area contributed by atoms with Crippen molar-refractivity contribution < 1.29 is 4.74 Å². The summed E-state index contributed by atoms with van der Waals surface area (Å²) in [7, 11) is 3.67. The van der Waals surface area contributed by atoms with Gasteiger partial charge in [-0.1, -0.05) is 44.0 Å². The third-order valence-electron chi connectivity index (χ3n) is 3.23. The van der Waals surface area contributed by atoms with Gasteiger partial charge >= 0.3 is 0 Å². The van der Waals surface area contributed by atoms with Gasteiger partial charge < -0.3 is 10.1 Å². The predicted octanol–water partition coefficient (Wildman–Crippen LogP) is 4.72. The van der Waals surface area contributed by atoms with Crippen LogP contribution in [0, 0.1) is 0 Å². The summed E-state index contributed by atoms with van der Waals surface area (Å²) < 4.78 is 7.35. The normalized spacial score (nSPS) is 12.2. The van der Waals surface area contributed by atoms with Gasteiger partial charge in [0.05, 0.1) is 7.11 Å². The number of hydrogen-bond donors (Lipinski definition) is 1. The second-order valence-electron chi connectivity index (χ2n) is 4.60. The summed E-state index contributed by atoms with van der Waals surface area (Å²) in [5.41, 5.74) is 2.53. The van der Waals surface area contributed by atoms with E-state index in [4.69, 9.17) is 4.74 Å². The van der Waals surface area contributed by atoms with Gasteiger partial charge in [0.2, 0.25) is 0 Å². The monoisotopic (exact) mass is 397 g/mol. The zero-order valence-corrected chi connectivity index (χ0v) is 14.7. The Kier molecular flexibility index (Phi) is 5.64. The molecule has 0 aromatic heterocycles. The van der Waals surface area contributed by atoms with E-state index >= 15 is 0 Å². The minimum absolute atomic E-state index is 0.275. The van der Waals surface area contributed by atoms with E-state index in [0.29, 0.717) is 0 Å². The molecule has 0 bridgehead atoms. The largest absolute Gasteiger partial charge is 0.497 e. The molecule has 1 atom stereocenters. The van der Waals surface area contributed by atoms with E-state index in [1.165, 1.54) is 11.1 Å². The van der Waals surface area contributed by atoms with E-state index in [1.807, 2.05) is 25.2 Å². The smallest absolute Gasteiger partial charge is 0.118 e. The molecule has 2 aromatic rings. The maximum absolute atomic E-state index is 5.19. The number of hydrogen-bond acceptors (Lipinski definition) is 2. The molecule has 1 unspecified atom stereocenters. The van der Waals surface area contributed by atoms with Gasteiger partial charge in [-0.05, 0) is 54.9 Å². The van der Waals surface area contributed by atoms with Crippen LogP contribution in [0.1, 0.15) is 17.2 Å². The first-order chi connectivity index (χ1) is 9.62. The number of halogens is 2. The number of nitrogens with one attached hydrogen (secondary N) is 1. The molecule has 0 spiro atoms. The zero-order chi connectivity index (χ0) is 14.5. The van der Waals surface area contributed by atoms with Crippen molar-refractivity contribution in [2.24, 2.45) is 0 Å². The molecule has 2 aromatic carbocycles. The summed E-state index contributed by atoms with van der Waals surface area (Å²) in [6, 6.07) is 14.8. The molecule has 1 N–H and O–H groups in total. The summed E-state index contributed by atoms with van der Waals surface area (Å²) >= 11 is 7.08. The molecule has 0 fully saturated rings. The quantitative estimate of drug-likeness (QED) is 0.786. The Bertz CT molecular complexity index is 549. The fraction of sp³-hybridized carbons (Fsp3) is 0.250. The summed E-state index contributed by atoms with van der Waals surface area (Å²) in [6.07, 6.45) is 0.934. The van der Waals surface area contributed by atoms with Crippen molar-refractivity contribution >= 4 is 31.9 Å². The number of likely N-dealkylation sites (N-methyl/N-ethyl adjacent to an activating group) is 1. The molecule has 106 valence electrons. The molecule has 0 aliphatic carbocycles. The van der Waals surface area contributed by atoms with Crippen molar-refractivity contribution in [3.63, 3.8) is 0 Å². The Labute approximate surface area is 136 Å². The Morgan fingerprint density at radius 1 is 1.05 bits per heavy atom. The Morgan fingerprint density at radius 2 is 1.65 bits per heavy atom. The number of rotatable bonds is 5. The van der Waals surface area contributed by atoms with Crippen molar-refractivity contribution in [3.8, 4) is 5.75 Å². The molecule has 0 amide bonds. The van der Waals surface area contributed by atoms with E-state index < -0.39 is 0 Å². The lowest BCUT2D eigenvalue weighted by Gasteiger charge is -2.18. The van der Waals surface area contributed by atoms with Crippen LogP contribution in [-0.2, 0) is 6.42 Å². The third-order valence-corrected chi connectivity index (χ3v) is 4.15. The Balaban J connectivity index is 2.19. The van der Waals surface area contributed by atoms with Gasteiger partial charge in [0.15, 0.2) is 0 Å². The standard InChI is InChI=1S/C16H17Br2NO/c1-19-16(12-8-13(17)10-14(18)9-12)7-11-3-5-15(20-2)6-4-11/h3-6,8-10,16,19H,7H2,1-2H3. The van der Waals surface area contributed by atoms with Gasteiger partial charge in [0, 0.05) is 15.0 Å². The third kappa shape index (κ3) is 4.08. The first-order valence-corrected chi connectivity index (χ1v) is 7.97. The Hall–Kier alpha value is -0.840. The van der Waals surface area contributed by atoms with Crippen LogP contribution < -0.4 is 10.1 Å². The van der Waals surface area contributed by atoms with Crippen LogP contribution in [0.15, 0.2) is 51.4 Å². The second-order valence-corrected chi connectivity index (χ2v) is 6.43. The van der Waals surface area contributed by atoms with Crippen molar-refractivity contribution in [1.82, 2.24) is 5.32 Å². The topological polar surface area (TPSA) is 21.3 Å².